The topological polar surface area (TPSA) is 32.3 Å². The Morgan fingerprint density at radius 1 is 1.24 bits per heavy atom. The molecule has 0 bridgehead atoms. The number of anilines is 1. The maximum Gasteiger partial charge on any atom is 0.228 e. The third-order valence-electron chi connectivity index (χ3n) is 4.67. The highest BCUT2D eigenvalue weighted by molar-refractivity contribution is 6.31. The summed E-state index contributed by atoms with van der Waals surface area (Å²) in [5.74, 6) is 0.0700. The van der Waals surface area contributed by atoms with E-state index in [9.17, 15) is 4.79 Å². The zero-order valence-electron chi connectivity index (χ0n) is 14.3. The van der Waals surface area contributed by atoms with E-state index in [2.05, 4.69) is 10.2 Å². The Bertz CT molecular complexity index is 763. The molecule has 132 valence electrons. The molecule has 1 N–H and O–H groups in total. The van der Waals surface area contributed by atoms with Gasteiger partial charge in [-0.2, -0.15) is 0 Å². The second kappa shape index (κ2) is 8.22. The van der Waals surface area contributed by atoms with Gasteiger partial charge in [-0.15, -0.1) is 0 Å². The molecule has 5 heteroatoms. The molecule has 1 saturated heterocycles. The van der Waals surface area contributed by atoms with Crippen LogP contribution in [0.1, 0.15) is 24.0 Å². The van der Waals surface area contributed by atoms with E-state index in [0.29, 0.717) is 5.02 Å². The van der Waals surface area contributed by atoms with Crippen LogP contribution in [0, 0.1) is 12.8 Å². The number of hydrogen-bond acceptors (Lipinski definition) is 2. The molecule has 1 atom stereocenters. The van der Waals surface area contributed by atoms with Crippen molar-refractivity contribution in [1.29, 1.82) is 0 Å². The summed E-state index contributed by atoms with van der Waals surface area (Å²) >= 11 is 12.2. The van der Waals surface area contributed by atoms with Crippen molar-refractivity contribution in [1.82, 2.24) is 4.90 Å². The lowest BCUT2D eigenvalue weighted by atomic mass is 9.96. The first-order valence-corrected chi connectivity index (χ1v) is 9.31. The van der Waals surface area contributed by atoms with E-state index >= 15 is 0 Å². The van der Waals surface area contributed by atoms with Gasteiger partial charge in [0, 0.05) is 28.8 Å². The van der Waals surface area contributed by atoms with Crippen LogP contribution in [0.2, 0.25) is 10.0 Å². The smallest absolute Gasteiger partial charge is 0.228 e. The maximum atomic E-state index is 12.7. The molecular formula is C20H22Cl2N2O. The second-order valence-corrected chi connectivity index (χ2v) is 7.46. The average Bonchev–Trinajstić information content (AvgIpc) is 2.60. The minimum absolute atomic E-state index is 0.00804. The van der Waals surface area contributed by atoms with E-state index in [-0.39, 0.29) is 11.8 Å². The third-order valence-corrected chi connectivity index (χ3v) is 5.28. The Morgan fingerprint density at radius 3 is 2.80 bits per heavy atom. The number of carbonyl (C=O) groups excluding carboxylic acids is 1. The molecule has 25 heavy (non-hydrogen) atoms. The molecule has 2 aromatic rings. The standard InChI is InChI=1S/C20H22Cl2N2O/c1-14-11-17(21)8-9-19(14)23-20(25)16-6-4-10-24(13-16)12-15-5-2-3-7-18(15)22/h2-3,5,7-9,11,16H,4,6,10,12-13H2,1H3,(H,23,25)/t16-/m1/s1. The molecule has 0 radical (unpaired) electrons. The largest absolute Gasteiger partial charge is 0.326 e. The molecule has 0 unspecified atom stereocenters. The molecule has 1 aliphatic heterocycles. The van der Waals surface area contributed by atoms with Gasteiger partial charge in [0.05, 0.1) is 5.92 Å². The van der Waals surface area contributed by atoms with Crippen LogP contribution in [0.5, 0.6) is 0 Å². The highest BCUT2D eigenvalue weighted by atomic mass is 35.5. The molecule has 1 aliphatic rings. The van der Waals surface area contributed by atoms with Gasteiger partial charge in [0.15, 0.2) is 0 Å². The van der Waals surface area contributed by atoms with E-state index in [1.165, 1.54) is 0 Å². The molecule has 1 heterocycles. The van der Waals surface area contributed by atoms with Gasteiger partial charge in [-0.25, -0.2) is 0 Å². The van der Waals surface area contributed by atoms with Crippen LogP contribution in [0.15, 0.2) is 42.5 Å². The second-order valence-electron chi connectivity index (χ2n) is 6.61. The molecule has 3 nitrogen and oxygen atoms in total. The molecule has 3 rings (SSSR count). The first-order valence-electron chi connectivity index (χ1n) is 8.55. The minimum atomic E-state index is -0.00804. The summed E-state index contributed by atoms with van der Waals surface area (Å²) in [5.41, 5.74) is 2.92. The number of piperidine rings is 1. The Hall–Kier alpha value is -1.55. The third kappa shape index (κ3) is 4.75. The molecule has 1 amide bonds. The van der Waals surface area contributed by atoms with Gasteiger partial charge in [-0.3, -0.25) is 9.69 Å². The van der Waals surface area contributed by atoms with Gasteiger partial charge < -0.3 is 5.32 Å². The van der Waals surface area contributed by atoms with Crippen LogP contribution < -0.4 is 5.32 Å². The van der Waals surface area contributed by atoms with Crippen LogP contribution in [-0.4, -0.2) is 23.9 Å². The first kappa shape index (κ1) is 18.2. The molecule has 0 aliphatic carbocycles. The summed E-state index contributed by atoms with van der Waals surface area (Å²) in [5, 5.41) is 4.52. The number of nitrogens with zero attached hydrogens (tertiary/aromatic N) is 1. The number of hydrogen-bond donors (Lipinski definition) is 1. The number of aryl methyl sites for hydroxylation is 1. The number of carbonyl (C=O) groups is 1. The van der Waals surface area contributed by atoms with Gasteiger partial charge in [0.25, 0.3) is 0 Å². The van der Waals surface area contributed by atoms with Gasteiger partial charge in [-0.05, 0) is 61.7 Å². The molecule has 0 saturated carbocycles. The molecule has 0 aromatic heterocycles. The number of rotatable bonds is 4. The Kier molecular flexibility index (Phi) is 6.00. The summed E-state index contributed by atoms with van der Waals surface area (Å²) in [4.78, 5) is 15.0. The van der Waals surface area contributed by atoms with Crippen LogP contribution >= 0.6 is 23.2 Å². The average molecular weight is 377 g/mol. The number of halogens is 2. The van der Waals surface area contributed by atoms with Gasteiger partial charge in [0.1, 0.15) is 0 Å². The Morgan fingerprint density at radius 2 is 2.04 bits per heavy atom. The van der Waals surface area contributed by atoms with Crippen molar-refractivity contribution >= 4 is 34.8 Å². The molecule has 2 aromatic carbocycles. The van der Waals surface area contributed by atoms with Crippen molar-refractivity contribution in [3.8, 4) is 0 Å². The normalized spacial score (nSPS) is 18.1. The summed E-state index contributed by atoms with van der Waals surface area (Å²) in [6, 6.07) is 13.4. The highest BCUT2D eigenvalue weighted by Gasteiger charge is 2.26. The molecular weight excluding hydrogens is 355 g/mol. The van der Waals surface area contributed by atoms with Gasteiger partial charge >= 0.3 is 0 Å². The van der Waals surface area contributed by atoms with Crippen molar-refractivity contribution in [3.05, 3.63) is 63.6 Å². The fourth-order valence-corrected chi connectivity index (χ4v) is 3.70. The van der Waals surface area contributed by atoms with E-state index < -0.39 is 0 Å². The van der Waals surface area contributed by atoms with Crippen LogP contribution in [0.3, 0.4) is 0 Å². The van der Waals surface area contributed by atoms with Crippen molar-refractivity contribution in [3.63, 3.8) is 0 Å². The zero-order valence-corrected chi connectivity index (χ0v) is 15.8. The quantitative estimate of drug-likeness (QED) is 0.799. The maximum absolute atomic E-state index is 12.7. The number of amides is 1. The summed E-state index contributed by atoms with van der Waals surface area (Å²) in [6.45, 7) is 4.48. The first-order chi connectivity index (χ1) is 12.0. The minimum Gasteiger partial charge on any atom is -0.326 e. The van der Waals surface area contributed by atoms with Gasteiger partial charge in [0.2, 0.25) is 5.91 Å². The fourth-order valence-electron chi connectivity index (χ4n) is 3.28. The van der Waals surface area contributed by atoms with E-state index in [1.54, 1.807) is 6.07 Å². The van der Waals surface area contributed by atoms with Crippen molar-refractivity contribution in [2.75, 3.05) is 18.4 Å². The number of benzene rings is 2. The lowest BCUT2D eigenvalue weighted by Crippen LogP contribution is -2.40. The van der Waals surface area contributed by atoms with E-state index in [0.717, 1.165) is 54.3 Å². The van der Waals surface area contributed by atoms with Crippen molar-refractivity contribution in [2.24, 2.45) is 5.92 Å². The lowest BCUT2D eigenvalue weighted by molar-refractivity contribution is -0.121. The van der Waals surface area contributed by atoms with Crippen LogP contribution in [0.4, 0.5) is 5.69 Å². The fraction of sp³-hybridized carbons (Fsp3) is 0.350. The lowest BCUT2D eigenvalue weighted by Gasteiger charge is -2.32. The molecule has 0 spiro atoms. The Labute approximate surface area is 158 Å². The van der Waals surface area contributed by atoms with E-state index in [4.69, 9.17) is 23.2 Å². The molecule has 1 fully saturated rings. The summed E-state index contributed by atoms with van der Waals surface area (Å²) in [7, 11) is 0. The highest BCUT2D eigenvalue weighted by Crippen LogP contribution is 2.25. The van der Waals surface area contributed by atoms with E-state index in [1.807, 2.05) is 43.3 Å². The van der Waals surface area contributed by atoms with Crippen LogP contribution in [0.25, 0.3) is 0 Å². The predicted octanol–water partition coefficient (Wildman–Crippen LogP) is 5.15. The zero-order chi connectivity index (χ0) is 17.8. The number of nitrogens with one attached hydrogen (secondary N) is 1. The van der Waals surface area contributed by atoms with Gasteiger partial charge in [-0.1, -0.05) is 41.4 Å². The SMILES string of the molecule is Cc1cc(Cl)ccc1NC(=O)[C@@H]1CCCN(Cc2ccccc2Cl)C1. The van der Waals surface area contributed by atoms with Crippen molar-refractivity contribution in [2.45, 2.75) is 26.3 Å². The van der Waals surface area contributed by atoms with Crippen LogP contribution in [-0.2, 0) is 11.3 Å². The monoisotopic (exact) mass is 376 g/mol. The number of likely N-dealkylation sites (tertiary alicyclic amines) is 1. The summed E-state index contributed by atoms with van der Waals surface area (Å²) < 4.78 is 0. The Balaban J connectivity index is 1.62. The predicted molar refractivity (Wildman–Crippen MR) is 104 cm³/mol. The van der Waals surface area contributed by atoms with Crippen molar-refractivity contribution < 1.29 is 4.79 Å². The summed E-state index contributed by atoms with van der Waals surface area (Å²) in [6.07, 6.45) is 1.93.